The summed E-state index contributed by atoms with van der Waals surface area (Å²) in [6.07, 6.45) is 0. The van der Waals surface area contributed by atoms with Crippen molar-refractivity contribution in [2.45, 2.75) is 12.3 Å². The van der Waals surface area contributed by atoms with Crippen molar-refractivity contribution in [1.82, 2.24) is 0 Å². The normalized spacial score (nSPS) is 29.6. The summed E-state index contributed by atoms with van der Waals surface area (Å²) in [7, 11) is 2.08. The molecule has 1 rings (SSSR count). The Morgan fingerprint density at radius 3 is 2.62 bits per heavy atom. The maximum absolute atomic E-state index is 4.33. The molecule has 46 valence electrons. The van der Waals surface area contributed by atoms with Gasteiger partial charge >= 0.3 is 0 Å². The molecule has 0 aliphatic carbocycles. The fourth-order valence-corrected chi connectivity index (χ4v) is 2.04. The van der Waals surface area contributed by atoms with E-state index in [4.69, 9.17) is 0 Å². The third-order valence-electron chi connectivity index (χ3n) is 1.39. The summed E-state index contributed by atoms with van der Waals surface area (Å²) < 4.78 is 2.19. The van der Waals surface area contributed by atoms with Crippen LogP contribution in [0.3, 0.4) is 0 Å². The monoisotopic (exact) mass is 148 g/mol. The standard InChI is InChI=1S/C5H9NS2/c1-4-6(2)5(7)3-8-4/h5H,3H2,1-2H3/p+1. The highest BCUT2D eigenvalue weighted by Crippen LogP contribution is 2.17. The molecule has 1 heterocycles. The molecule has 1 nitrogen and oxygen atoms in total. The lowest BCUT2D eigenvalue weighted by atomic mass is 10.7. The summed E-state index contributed by atoms with van der Waals surface area (Å²) in [5.74, 6) is 1.13. The first kappa shape index (κ1) is 6.49. The molecule has 1 aliphatic rings. The Bertz CT molecular complexity index is 130. The van der Waals surface area contributed by atoms with E-state index < -0.39 is 0 Å². The molecular formula is C5H10NS2+. The van der Waals surface area contributed by atoms with Gasteiger partial charge < -0.3 is 0 Å². The molecule has 0 spiro atoms. The zero-order valence-electron chi connectivity index (χ0n) is 5.09. The first-order valence-electron chi connectivity index (χ1n) is 2.59. The van der Waals surface area contributed by atoms with Crippen molar-refractivity contribution in [2.24, 2.45) is 0 Å². The largest absolute Gasteiger partial charge is 0.218 e. The minimum atomic E-state index is 0.444. The Morgan fingerprint density at radius 2 is 2.50 bits per heavy atom. The number of hydrogen-bond acceptors (Lipinski definition) is 2. The molecule has 0 fully saturated rings. The van der Waals surface area contributed by atoms with Crippen LogP contribution in [-0.2, 0) is 0 Å². The van der Waals surface area contributed by atoms with E-state index in [1.165, 1.54) is 5.04 Å². The quantitative estimate of drug-likeness (QED) is 0.397. The van der Waals surface area contributed by atoms with Gasteiger partial charge in [0.05, 0.1) is 5.75 Å². The van der Waals surface area contributed by atoms with Crippen molar-refractivity contribution < 1.29 is 4.58 Å². The van der Waals surface area contributed by atoms with Crippen molar-refractivity contribution in [1.29, 1.82) is 0 Å². The molecule has 0 saturated carbocycles. The molecule has 0 amide bonds. The van der Waals surface area contributed by atoms with Crippen molar-refractivity contribution >= 4 is 29.4 Å². The van der Waals surface area contributed by atoms with Crippen LogP contribution in [0.4, 0.5) is 0 Å². The molecule has 0 bridgehead atoms. The van der Waals surface area contributed by atoms with E-state index in [0.717, 1.165) is 5.75 Å². The van der Waals surface area contributed by atoms with E-state index in [1.54, 1.807) is 0 Å². The zero-order valence-corrected chi connectivity index (χ0v) is 6.80. The number of hydrogen-bond donors (Lipinski definition) is 1. The van der Waals surface area contributed by atoms with Gasteiger partial charge in [-0.3, -0.25) is 0 Å². The minimum absolute atomic E-state index is 0.444. The molecular weight excluding hydrogens is 138 g/mol. The highest BCUT2D eigenvalue weighted by atomic mass is 32.2. The van der Waals surface area contributed by atoms with Crippen LogP contribution in [0.5, 0.6) is 0 Å². The Balaban J connectivity index is 2.71. The van der Waals surface area contributed by atoms with Gasteiger partial charge in [0.25, 0.3) is 0 Å². The third-order valence-corrected chi connectivity index (χ3v) is 3.35. The topological polar surface area (TPSA) is 3.01 Å². The predicted octanol–water partition coefficient (Wildman–Crippen LogP) is 1.05. The summed E-state index contributed by atoms with van der Waals surface area (Å²) in [4.78, 5) is 0. The summed E-state index contributed by atoms with van der Waals surface area (Å²) in [6, 6.07) is 0. The van der Waals surface area contributed by atoms with Crippen molar-refractivity contribution in [2.75, 3.05) is 12.8 Å². The van der Waals surface area contributed by atoms with Gasteiger partial charge in [-0.25, -0.2) is 4.58 Å². The number of thioether (sulfide) groups is 1. The van der Waals surface area contributed by atoms with Crippen LogP contribution in [0.15, 0.2) is 0 Å². The van der Waals surface area contributed by atoms with Crippen molar-refractivity contribution in [3.05, 3.63) is 0 Å². The maximum Gasteiger partial charge on any atom is 0.208 e. The third kappa shape index (κ3) is 1.03. The van der Waals surface area contributed by atoms with E-state index in [1.807, 2.05) is 11.8 Å². The van der Waals surface area contributed by atoms with Gasteiger partial charge in [0.1, 0.15) is 7.05 Å². The summed E-state index contributed by atoms with van der Waals surface area (Å²) >= 11 is 6.21. The average molecular weight is 148 g/mol. The molecule has 0 N–H and O–H groups in total. The lowest BCUT2D eigenvalue weighted by Gasteiger charge is -1.93. The van der Waals surface area contributed by atoms with E-state index in [2.05, 4.69) is 31.2 Å². The van der Waals surface area contributed by atoms with Crippen LogP contribution in [0.2, 0.25) is 0 Å². The number of nitrogens with zero attached hydrogens (tertiary/aromatic N) is 1. The van der Waals surface area contributed by atoms with E-state index >= 15 is 0 Å². The molecule has 1 atom stereocenters. The van der Waals surface area contributed by atoms with Gasteiger partial charge in [-0.1, -0.05) is 11.8 Å². The molecule has 0 radical (unpaired) electrons. The molecule has 3 heteroatoms. The Kier molecular flexibility index (Phi) is 1.88. The van der Waals surface area contributed by atoms with Crippen LogP contribution in [0, 0.1) is 0 Å². The van der Waals surface area contributed by atoms with Gasteiger partial charge in [0.15, 0.2) is 0 Å². The lowest BCUT2D eigenvalue weighted by Crippen LogP contribution is -2.14. The van der Waals surface area contributed by atoms with Crippen LogP contribution < -0.4 is 0 Å². The smallest absolute Gasteiger partial charge is 0.208 e. The molecule has 0 saturated heterocycles. The predicted molar refractivity (Wildman–Crippen MR) is 42.1 cm³/mol. The Labute approximate surface area is 59.6 Å². The Morgan fingerprint density at radius 1 is 1.88 bits per heavy atom. The molecule has 1 aliphatic heterocycles. The summed E-state index contributed by atoms with van der Waals surface area (Å²) in [6.45, 7) is 2.13. The fourth-order valence-electron chi connectivity index (χ4n) is 0.619. The van der Waals surface area contributed by atoms with Crippen LogP contribution in [0.25, 0.3) is 0 Å². The fraction of sp³-hybridized carbons (Fsp3) is 0.800. The van der Waals surface area contributed by atoms with E-state index in [0.29, 0.717) is 5.37 Å². The van der Waals surface area contributed by atoms with Gasteiger partial charge in [-0.05, 0) is 0 Å². The first-order valence-corrected chi connectivity index (χ1v) is 4.09. The SMILES string of the molecule is CC1=[N+](C)C(S)CS1. The highest BCUT2D eigenvalue weighted by molar-refractivity contribution is 8.14. The van der Waals surface area contributed by atoms with Gasteiger partial charge in [0.2, 0.25) is 10.4 Å². The number of thiol groups is 1. The molecule has 8 heavy (non-hydrogen) atoms. The zero-order chi connectivity index (χ0) is 6.15. The number of rotatable bonds is 0. The summed E-state index contributed by atoms with van der Waals surface area (Å²) in [5.41, 5.74) is 0. The van der Waals surface area contributed by atoms with Gasteiger partial charge in [0, 0.05) is 6.92 Å². The highest BCUT2D eigenvalue weighted by Gasteiger charge is 2.23. The molecule has 0 aromatic rings. The van der Waals surface area contributed by atoms with Crippen molar-refractivity contribution in [3.63, 3.8) is 0 Å². The molecule has 0 aromatic heterocycles. The average Bonchev–Trinajstić information content (AvgIpc) is 1.98. The molecule has 1 unspecified atom stereocenters. The minimum Gasteiger partial charge on any atom is -0.218 e. The van der Waals surface area contributed by atoms with Crippen LogP contribution >= 0.6 is 24.4 Å². The second kappa shape index (κ2) is 2.31. The van der Waals surface area contributed by atoms with E-state index in [-0.39, 0.29) is 0 Å². The van der Waals surface area contributed by atoms with Gasteiger partial charge in [-0.2, -0.15) is 0 Å². The molecule has 0 aromatic carbocycles. The van der Waals surface area contributed by atoms with Crippen LogP contribution in [-0.4, -0.2) is 27.8 Å². The van der Waals surface area contributed by atoms with Gasteiger partial charge in [-0.15, -0.1) is 12.6 Å². The van der Waals surface area contributed by atoms with Crippen LogP contribution in [0.1, 0.15) is 6.92 Å². The Hall–Kier alpha value is 0.370. The first-order chi connectivity index (χ1) is 3.72. The summed E-state index contributed by atoms with van der Waals surface area (Å²) in [5, 5.41) is 1.82. The van der Waals surface area contributed by atoms with E-state index in [9.17, 15) is 0 Å². The van der Waals surface area contributed by atoms with Crippen molar-refractivity contribution in [3.8, 4) is 0 Å². The lowest BCUT2D eigenvalue weighted by molar-refractivity contribution is -0.500. The maximum atomic E-state index is 4.33. The second-order valence-electron chi connectivity index (χ2n) is 1.92. The second-order valence-corrected chi connectivity index (χ2v) is 3.73.